The van der Waals surface area contributed by atoms with Crippen LogP contribution in [0.5, 0.6) is 0 Å². The van der Waals surface area contributed by atoms with E-state index in [1.807, 2.05) is 17.8 Å². The average molecular weight is 167 g/mol. The van der Waals surface area contributed by atoms with Gasteiger partial charge >= 0.3 is 0 Å². The Morgan fingerprint density at radius 3 is 2.92 bits per heavy atom. The number of rotatable bonds is 2. The minimum Gasteiger partial charge on any atom is -0.370 e. The molecule has 66 valence electrons. The fourth-order valence-electron chi connectivity index (χ4n) is 0.846. The summed E-state index contributed by atoms with van der Waals surface area (Å²) in [6, 6.07) is 0. The lowest BCUT2D eigenvalue weighted by molar-refractivity contribution is 0.466. The van der Waals surface area contributed by atoms with Crippen molar-refractivity contribution in [1.29, 1.82) is 5.41 Å². The molecular weight excluding hydrogens is 154 g/mol. The fourth-order valence-corrected chi connectivity index (χ4v) is 0.846. The molecule has 5 heteroatoms. The van der Waals surface area contributed by atoms with Gasteiger partial charge in [-0.15, -0.1) is 0 Å². The Morgan fingerprint density at radius 2 is 2.50 bits per heavy atom. The smallest absolute Gasteiger partial charge is 0.188 e. The van der Waals surface area contributed by atoms with Gasteiger partial charge in [0.1, 0.15) is 5.82 Å². The van der Waals surface area contributed by atoms with Gasteiger partial charge < -0.3 is 15.2 Å². The standard InChI is InChI=1S/C7H13N5/c1-11-4-3-10-6(11)5-12(2)7(8)9/h3-4H,5H2,1-2H3,(H3,8,9). The van der Waals surface area contributed by atoms with Crippen molar-refractivity contribution in [2.24, 2.45) is 12.8 Å². The molecule has 1 aromatic rings. The van der Waals surface area contributed by atoms with Gasteiger partial charge in [0.2, 0.25) is 0 Å². The summed E-state index contributed by atoms with van der Waals surface area (Å²) in [7, 11) is 3.67. The van der Waals surface area contributed by atoms with Crippen LogP contribution in [0.1, 0.15) is 5.82 Å². The van der Waals surface area contributed by atoms with Gasteiger partial charge in [0.15, 0.2) is 5.96 Å². The van der Waals surface area contributed by atoms with Crippen molar-refractivity contribution in [2.45, 2.75) is 6.54 Å². The summed E-state index contributed by atoms with van der Waals surface area (Å²) in [6.07, 6.45) is 3.59. The Kier molecular flexibility index (Phi) is 2.32. The monoisotopic (exact) mass is 167 g/mol. The number of hydrogen-bond donors (Lipinski definition) is 2. The molecule has 0 spiro atoms. The summed E-state index contributed by atoms with van der Waals surface area (Å²) in [5.41, 5.74) is 5.27. The van der Waals surface area contributed by atoms with E-state index in [4.69, 9.17) is 11.1 Å². The second kappa shape index (κ2) is 3.25. The number of aromatic nitrogens is 2. The van der Waals surface area contributed by atoms with Crippen molar-refractivity contribution in [3.05, 3.63) is 18.2 Å². The van der Waals surface area contributed by atoms with Crippen molar-refractivity contribution >= 4 is 5.96 Å². The van der Waals surface area contributed by atoms with Crippen molar-refractivity contribution in [1.82, 2.24) is 14.5 Å². The van der Waals surface area contributed by atoms with Crippen LogP contribution in [0.3, 0.4) is 0 Å². The van der Waals surface area contributed by atoms with Crippen LogP contribution in [-0.4, -0.2) is 27.5 Å². The van der Waals surface area contributed by atoms with E-state index in [1.54, 1.807) is 18.1 Å². The number of imidazole rings is 1. The molecule has 3 N–H and O–H groups in total. The van der Waals surface area contributed by atoms with Crippen LogP contribution in [0.2, 0.25) is 0 Å². The summed E-state index contributed by atoms with van der Waals surface area (Å²) in [5.74, 6) is 0.950. The summed E-state index contributed by atoms with van der Waals surface area (Å²) in [5, 5.41) is 7.14. The highest BCUT2D eigenvalue weighted by molar-refractivity contribution is 5.74. The Bertz CT molecular complexity index is 277. The van der Waals surface area contributed by atoms with Gasteiger partial charge in [-0.3, -0.25) is 5.41 Å². The lowest BCUT2D eigenvalue weighted by atomic mass is 10.5. The van der Waals surface area contributed by atoms with Crippen molar-refractivity contribution < 1.29 is 0 Å². The first kappa shape index (κ1) is 8.58. The first-order chi connectivity index (χ1) is 5.61. The molecule has 1 aromatic heterocycles. The van der Waals surface area contributed by atoms with E-state index in [-0.39, 0.29) is 5.96 Å². The van der Waals surface area contributed by atoms with Crippen LogP contribution >= 0.6 is 0 Å². The van der Waals surface area contributed by atoms with E-state index in [9.17, 15) is 0 Å². The lowest BCUT2D eigenvalue weighted by Gasteiger charge is -2.15. The van der Waals surface area contributed by atoms with Gasteiger partial charge in [0.25, 0.3) is 0 Å². The van der Waals surface area contributed by atoms with E-state index in [2.05, 4.69) is 4.98 Å². The Balaban J connectivity index is 2.64. The molecule has 0 unspecified atom stereocenters. The van der Waals surface area contributed by atoms with Gasteiger partial charge in [-0.1, -0.05) is 0 Å². The second-order valence-corrected chi connectivity index (χ2v) is 2.70. The fraction of sp³-hybridized carbons (Fsp3) is 0.429. The minimum absolute atomic E-state index is 0.0537. The maximum Gasteiger partial charge on any atom is 0.188 e. The lowest BCUT2D eigenvalue weighted by Crippen LogP contribution is -2.33. The minimum atomic E-state index is 0.0537. The van der Waals surface area contributed by atoms with Crippen LogP contribution in [-0.2, 0) is 13.6 Å². The Labute approximate surface area is 71.3 Å². The Hall–Kier alpha value is -1.52. The summed E-state index contributed by atoms with van der Waals surface area (Å²) in [6.45, 7) is 0.568. The molecule has 0 aliphatic heterocycles. The topological polar surface area (TPSA) is 70.9 Å². The third kappa shape index (κ3) is 1.75. The van der Waals surface area contributed by atoms with Crippen LogP contribution in [0.25, 0.3) is 0 Å². The highest BCUT2D eigenvalue weighted by atomic mass is 15.2. The van der Waals surface area contributed by atoms with Crippen molar-refractivity contribution in [2.75, 3.05) is 7.05 Å². The number of nitrogens with one attached hydrogen (secondary N) is 1. The molecule has 12 heavy (non-hydrogen) atoms. The number of aryl methyl sites for hydroxylation is 1. The van der Waals surface area contributed by atoms with E-state index in [0.717, 1.165) is 5.82 Å². The Morgan fingerprint density at radius 1 is 1.83 bits per heavy atom. The highest BCUT2D eigenvalue weighted by Crippen LogP contribution is 1.97. The van der Waals surface area contributed by atoms with Crippen molar-refractivity contribution in [3.8, 4) is 0 Å². The molecule has 0 saturated heterocycles. The number of guanidine groups is 1. The summed E-state index contributed by atoms with van der Waals surface area (Å²) < 4.78 is 1.90. The van der Waals surface area contributed by atoms with Gasteiger partial charge in [0, 0.05) is 26.5 Å². The highest BCUT2D eigenvalue weighted by Gasteiger charge is 2.04. The number of nitrogens with zero attached hydrogens (tertiary/aromatic N) is 3. The van der Waals surface area contributed by atoms with E-state index >= 15 is 0 Å². The molecular formula is C7H13N5. The molecule has 5 nitrogen and oxygen atoms in total. The zero-order valence-corrected chi connectivity index (χ0v) is 7.28. The van der Waals surface area contributed by atoms with Crippen LogP contribution in [0.15, 0.2) is 12.4 Å². The maximum atomic E-state index is 7.14. The third-order valence-electron chi connectivity index (χ3n) is 1.71. The van der Waals surface area contributed by atoms with Gasteiger partial charge in [-0.25, -0.2) is 4.98 Å². The van der Waals surface area contributed by atoms with Crippen LogP contribution in [0, 0.1) is 5.41 Å². The predicted molar refractivity (Wildman–Crippen MR) is 46.6 cm³/mol. The molecule has 0 atom stereocenters. The molecule has 0 aromatic carbocycles. The van der Waals surface area contributed by atoms with Gasteiger partial charge in [0.05, 0.1) is 6.54 Å². The molecule has 0 saturated carbocycles. The van der Waals surface area contributed by atoms with Crippen LogP contribution < -0.4 is 5.73 Å². The first-order valence-electron chi connectivity index (χ1n) is 3.62. The van der Waals surface area contributed by atoms with Crippen LogP contribution in [0.4, 0.5) is 0 Å². The van der Waals surface area contributed by atoms with E-state index < -0.39 is 0 Å². The molecule has 0 radical (unpaired) electrons. The molecule has 0 aliphatic carbocycles. The normalized spacial score (nSPS) is 9.83. The largest absolute Gasteiger partial charge is 0.370 e. The summed E-state index contributed by atoms with van der Waals surface area (Å²) >= 11 is 0. The SMILES string of the molecule is CN(Cc1nccn1C)C(=N)N. The predicted octanol–water partition coefficient (Wildman–Crippen LogP) is -0.255. The molecule has 1 rings (SSSR count). The molecule has 1 heterocycles. The number of hydrogen-bond acceptors (Lipinski definition) is 2. The van der Waals surface area contributed by atoms with E-state index in [0.29, 0.717) is 6.54 Å². The summed E-state index contributed by atoms with van der Waals surface area (Å²) in [4.78, 5) is 5.73. The first-order valence-corrected chi connectivity index (χ1v) is 3.62. The average Bonchev–Trinajstić information content (AvgIpc) is 2.36. The second-order valence-electron chi connectivity index (χ2n) is 2.70. The molecule has 0 bridgehead atoms. The maximum absolute atomic E-state index is 7.14. The quantitative estimate of drug-likeness (QED) is 0.471. The third-order valence-corrected chi connectivity index (χ3v) is 1.71. The van der Waals surface area contributed by atoms with Gasteiger partial charge in [-0.2, -0.15) is 0 Å². The molecule has 0 amide bonds. The zero-order valence-electron chi connectivity index (χ0n) is 7.28. The number of nitrogens with two attached hydrogens (primary N) is 1. The zero-order chi connectivity index (χ0) is 9.14. The molecule has 0 fully saturated rings. The van der Waals surface area contributed by atoms with E-state index in [1.165, 1.54) is 0 Å². The molecule has 0 aliphatic rings. The van der Waals surface area contributed by atoms with Gasteiger partial charge in [-0.05, 0) is 0 Å². The van der Waals surface area contributed by atoms with Crippen molar-refractivity contribution in [3.63, 3.8) is 0 Å².